The van der Waals surface area contributed by atoms with Crippen LogP contribution in [0, 0.1) is 0 Å². The highest BCUT2D eigenvalue weighted by atomic mass is 127. The van der Waals surface area contributed by atoms with Crippen LogP contribution in [0.1, 0.15) is 23.5 Å². The SMILES string of the molecule is CN=C(NCCCOc1ccccc1)NCC1Cc2ccccc21.I. The van der Waals surface area contributed by atoms with Crippen LogP contribution < -0.4 is 15.4 Å². The lowest BCUT2D eigenvalue weighted by atomic mass is 9.78. The van der Waals surface area contributed by atoms with Gasteiger partial charge in [0.25, 0.3) is 0 Å². The van der Waals surface area contributed by atoms with Gasteiger partial charge in [-0.3, -0.25) is 4.99 Å². The minimum Gasteiger partial charge on any atom is -0.494 e. The molecule has 0 fully saturated rings. The van der Waals surface area contributed by atoms with E-state index in [1.807, 2.05) is 37.4 Å². The number of hydrogen-bond donors (Lipinski definition) is 2. The highest BCUT2D eigenvalue weighted by Crippen LogP contribution is 2.33. The number of nitrogens with one attached hydrogen (secondary N) is 2. The molecule has 1 unspecified atom stereocenters. The fourth-order valence-corrected chi connectivity index (χ4v) is 2.97. The van der Waals surface area contributed by atoms with E-state index >= 15 is 0 Å². The van der Waals surface area contributed by atoms with Crippen molar-refractivity contribution in [1.29, 1.82) is 0 Å². The number of ether oxygens (including phenoxy) is 1. The standard InChI is InChI=1S/C20H25N3O.HI/c1-21-20(22-12-7-13-24-18-9-3-2-4-10-18)23-15-17-14-16-8-5-6-11-19(16)17;/h2-6,8-11,17H,7,12-15H2,1H3,(H2,21,22,23);1H. The Hall–Kier alpha value is -1.76. The molecule has 0 amide bonds. The van der Waals surface area contributed by atoms with Gasteiger partial charge in [-0.15, -0.1) is 24.0 Å². The summed E-state index contributed by atoms with van der Waals surface area (Å²) in [6.07, 6.45) is 2.09. The van der Waals surface area contributed by atoms with Crippen LogP contribution in [0.15, 0.2) is 59.6 Å². The minimum atomic E-state index is 0. The molecule has 3 rings (SSSR count). The first-order valence-electron chi connectivity index (χ1n) is 8.57. The van der Waals surface area contributed by atoms with Gasteiger partial charge in [0.05, 0.1) is 6.61 Å². The Labute approximate surface area is 167 Å². The van der Waals surface area contributed by atoms with Gasteiger partial charge in [0.15, 0.2) is 5.96 Å². The van der Waals surface area contributed by atoms with Crippen LogP contribution in [0.3, 0.4) is 0 Å². The predicted octanol–water partition coefficient (Wildman–Crippen LogP) is 3.58. The molecule has 134 valence electrons. The van der Waals surface area contributed by atoms with Crippen LogP contribution in [0.5, 0.6) is 5.75 Å². The number of hydrogen-bond acceptors (Lipinski definition) is 2. The van der Waals surface area contributed by atoms with Crippen molar-refractivity contribution in [3.8, 4) is 5.75 Å². The third kappa shape index (κ3) is 5.63. The molecule has 1 aliphatic carbocycles. The summed E-state index contributed by atoms with van der Waals surface area (Å²) in [5, 5.41) is 6.76. The molecular weight excluding hydrogens is 425 g/mol. The quantitative estimate of drug-likeness (QED) is 0.293. The molecule has 0 saturated heterocycles. The van der Waals surface area contributed by atoms with Crippen LogP contribution in [-0.2, 0) is 6.42 Å². The van der Waals surface area contributed by atoms with E-state index < -0.39 is 0 Å². The third-order valence-electron chi connectivity index (χ3n) is 4.33. The van der Waals surface area contributed by atoms with E-state index in [1.54, 1.807) is 0 Å². The lowest BCUT2D eigenvalue weighted by molar-refractivity contribution is 0.311. The molecule has 5 heteroatoms. The summed E-state index contributed by atoms with van der Waals surface area (Å²) >= 11 is 0. The van der Waals surface area contributed by atoms with Crippen LogP contribution in [0.2, 0.25) is 0 Å². The summed E-state index contributed by atoms with van der Waals surface area (Å²) in [4.78, 5) is 4.28. The van der Waals surface area contributed by atoms with E-state index in [0.29, 0.717) is 12.5 Å². The van der Waals surface area contributed by atoms with Gasteiger partial charge in [-0.05, 0) is 36.1 Å². The third-order valence-corrected chi connectivity index (χ3v) is 4.33. The number of rotatable bonds is 7. The summed E-state index contributed by atoms with van der Waals surface area (Å²) in [7, 11) is 1.81. The lowest BCUT2D eigenvalue weighted by Crippen LogP contribution is -2.41. The monoisotopic (exact) mass is 451 g/mol. The van der Waals surface area contributed by atoms with Gasteiger partial charge in [-0.1, -0.05) is 42.5 Å². The number of halogens is 1. The second kappa shape index (κ2) is 10.3. The number of fused-ring (bicyclic) bond motifs is 1. The molecule has 2 aromatic rings. The zero-order valence-electron chi connectivity index (χ0n) is 14.6. The van der Waals surface area contributed by atoms with Crippen molar-refractivity contribution < 1.29 is 4.74 Å². The van der Waals surface area contributed by atoms with Gasteiger partial charge in [-0.2, -0.15) is 0 Å². The Morgan fingerprint density at radius 2 is 1.84 bits per heavy atom. The zero-order valence-corrected chi connectivity index (χ0v) is 16.9. The largest absolute Gasteiger partial charge is 0.494 e. The minimum absolute atomic E-state index is 0. The normalized spacial score (nSPS) is 15.4. The first-order valence-corrected chi connectivity index (χ1v) is 8.57. The average molecular weight is 451 g/mol. The Morgan fingerprint density at radius 1 is 1.08 bits per heavy atom. The van der Waals surface area contributed by atoms with E-state index in [9.17, 15) is 0 Å². The lowest BCUT2D eigenvalue weighted by Gasteiger charge is -2.30. The second-order valence-corrected chi connectivity index (χ2v) is 5.99. The van der Waals surface area contributed by atoms with Crippen LogP contribution in [0.25, 0.3) is 0 Å². The first kappa shape index (κ1) is 19.6. The summed E-state index contributed by atoms with van der Waals surface area (Å²) in [6.45, 7) is 2.47. The van der Waals surface area contributed by atoms with Crippen LogP contribution in [0.4, 0.5) is 0 Å². The fourth-order valence-electron chi connectivity index (χ4n) is 2.97. The summed E-state index contributed by atoms with van der Waals surface area (Å²) < 4.78 is 5.68. The summed E-state index contributed by atoms with van der Waals surface area (Å²) in [5.41, 5.74) is 2.95. The molecular formula is C20H26IN3O. The zero-order chi connectivity index (χ0) is 16.6. The molecule has 1 aliphatic rings. The predicted molar refractivity (Wildman–Crippen MR) is 114 cm³/mol. The van der Waals surface area contributed by atoms with E-state index in [4.69, 9.17) is 4.74 Å². The molecule has 0 bridgehead atoms. The molecule has 0 saturated carbocycles. The van der Waals surface area contributed by atoms with Crippen molar-refractivity contribution >= 4 is 29.9 Å². The number of guanidine groups is 1. The highest BCUT2D eigenvalue weighted by Gasteiger charge is 2.25. The van der Waals surface area contributed by atoms with Crippen molar-refractivity contribution in [2.75, 3.05) is 26.7 Å². The van der Waals surface area contributed by atoms with Crippen molar-refractivity contribution in [3.63, 3.8) is 0 Å². The molecule has 1 atom stereocenters. The van der Waals surface area contributed by atoms with Crippen LogP contribution in [-0.4, -0.2) is 32.7 Å². The van der Waals surface area contributed by atoms with E-state index in [2.05, 4.69) is 39.9 Å². The van der Waals surface area contributed by atoms with Gasteiger partial charge in [0.2, 0.25) is 0 Å². The van der Waals surface area contributed by atoms with Crippen molar-refractivity contribution in [1.82, 2.24) is 10.6 Å². The van der Waals surface area contributed by atoms with Gasteiger partial charge >= 0.3 is 0 Å². The Morgan fingerprint density at radius 3 is 2.60 bits per heavy atom. The number of para-hydroxylation sites is 1. The number of benzene rings is 2. The maximum absolute atomic E-state index is 5.68. The number of nitrogens with zero attached hydrogens (tertiary/aromatic N) is 1. The van der Waals surface area contributed by atoms with Gasteiger partial charge in [-0.25, -0.2) is 0 Å². The van der Waals surface area contributed by atoms with Crippen molar-refractivity contribution in [2.45, 2.75) is 18.8 Å². The molecule has 0 aliphatic heterocycles. The van der Waals surface area contributed by atoms with E-state index in [0.717, 1.165) is 37.6 Å². The molecule has 0 radical (unpaired) electrons. The van der Waals surface area contributed by atoms with E-state index in [1.165, 1.54) is 11.1 Å². The molecule has 0 heterocycles. The average Bonchev–Trinajstić information content (AvgIpc) is 2.61. The van der Waals surface area contributed by atoms with Gasteiger partial charge < -0.3 is 15.4 Å². The van der Waals surface area contributed by atoms with Gasteiger partial charge in [0.1, 0.15) is 5.75 Å². The second-order valence-electron chi connectivity index (χ2n) is 5.99. The first-order chi connectivity index (χ1) is 11.9. The highest BCUT2D eigenvalue weighted by molar-refractivity contribution is 14.0. The smallest absolute Gasteiger partial charge is 0.191 e. The topological polar surface area (TPSA) is 45.7 Å². The summed E-state index contributed by atoms with van der Waals surface area (Å²) in [5.74, 6) is 2.38. The maximum atomic E-state index is 5.68. The molecule has 0 spiro atoms. The maximum Gasteiger partial charge on any atom is 0.191 e. The fraction of sp³-hybridized carbons (Fsp3) is 0.350. The Balaban J connectivity index is 0.00000225. The Kier molecular flexibility index (Phi) is 8.04. The van der Waals surface area contributed by atoms with Crippen molar-refractivity contribution in [3.05, 3.63) is 65.7 Å². The van der Waals surface area contributed by atoms with Crippen molar-refractivity contribution in [2.24, 2.45) is 4.99 Å². The molecule has 2 N–H and O–H groups in total. The molecule has 0 aromatic heterocycles. The molecule has 2 aromatic carbocycles. The number of aliphatic imine (C=N–C) groups is 1. The Bertz CT molecular complexity index is 676. The molecule has 4 nitrogen and oxygen atoms in total. The van der Waals surface area contributed by atoms with Gasteiger partial charge in [0, 0.05) is 26.1 Å². The van der Waals surface area contributed by atoms with E-state index in [-0.39, 0.29) is 24.0 Å². The van der Waals surface area contributed by atoms with Crippen LogP contribution >= 0.6 is 24.0 Å². The molecule has 25 heavy (non-hydrogen) atoms. The summed E-state index contributed by atoms with van der Waals surface area (Å²) in [6, 6.07) is 18.6.